The maximum absolute atomic E-state index is 12.5. The third kappa shape index (κ3) is 2.64. The van der Waals surface area contributed by atoms with E-state index in [0.29, 0.717) is 29.5 Å². The SMILES string of the molecule is Cc1oc(C)c(S(=O)(=O)NCC2(C(C)C)CC2)c1CO. The largest absolute Gasteiger partial charge is 0.465 e. The zero-order chi connectivity index (χ0) is 15.1. The van der Waals surface area contributed by atoms with Gasteiger partial charge in [0.25, 0.3) is 0 Å². The molecule has 0 amide bonds. The number of sulfonamides is 1. The number of furan rings is 1. The lowest BCUT2D eigenvalue weighted by atomic mass is 9.93. The van der Waals surface area contributed by atoms with E-state index in [1.165, 1.54) is 0 Å². The Morgan fingerprint density at radius 3 is 2.35 bits per heavy atom. The quantitative estimate of drug-likeness (QED) is 0.843. The Kier molecular flexibility index (Phi) is 4.01. The van der Waals surface area contributed by atoms with E-state index in [4.69, 9.17) is 4.42 Å². The van der Waals surface area contributed by atoms with Crippen molar-refractivity contribution < 1.29 is 17.9 Å². The Morgan fingerprint density at radius 2 is 1.90 bits per heavy atom. The summed E-state index contributed by atoms with van der Waals surface area (Å²) < 4.78 is 32.9. The van der Waals surface area contributed by atoms with Gasteiger partial charge in [0.2, 0.25) is 10.0 Å². The fourth-order valence-corrected chi connectivity index (χ4v) is 4.25. The van der Waals surface area contributed by atoms with Gasteiger partial charge in [-0.15, -0.1) is 0 Å². The van der Waals surface area contributed by atoms with E-state index in [9.17, 15) is 13.5 Å². The van der Waals surface area contributed by atoms with Gasteiger partial charge in [0.15, 0.2) is 0 Å². The highest BCUT2D eigenvalue weighted by molar-refractivity contribution is 7.89. The number of rotatable bonds is 6. The lowest BCUT2D eigenvalue weighted by Crippen LogP contribution is -2.33. The predicted octanol–water partition coefficient (Wildman–Crippen LogP) is 2.10. The first-order chi connectivity index (χ1) is 9.23. The number of nitrogens with one attached hydrogen (secondary N) is 1. The molecule has 0 unspecified atom stereocenters. The summed E-state index contributed by atoms with van der Waals surface area (Å²) in [5.74, 6) is 1.23. The molecule has 0 radical (unpaired) electrons. The molecule has 0 spiro atoms. The summed E-state index contributed by atoms with van der Waals surface area (Å²) >= 11 is 0. The zero-order valence-corrected chi connectivity index (χ0v) is 13.3. The molecule has 2 N–H and O–H groups in total. The smallest absolute Gasteiger partial charge is 0.244 e. The van der Waals surface area contributed by atoms with Crippen LogP contribution in [0.2, 0.25) is 0 Å². The average molecular weight is 301 g/mol. The van der Waals surface area contributed by atoms with Crippen LogP contribution in [0.25, 0.3) is 0 Å². The van der Waals surface area contributed by atoms with Crippen LogP contribution in [0.15, 0.2) is 9.31 Å². The highest BCUT2D eigenvalue weighted by atomic mass is 32.2. The number of aliphatic hydroxyl groups is 1. The van der Waals surface area contributed by atoms with Crippen molar-refractivity contribution in [3.8, 4) is 0 Å². The highest BCUT2D eigenvalue weighted by Crippen LogP contribution is 2.51. The molecule has 1 aliphatic carbocycles. The Balaban J connectivity index is 2.23. The van der Waals surface area contributed by atoms with Gasteiger partial charge in [-0.2, -0.15) is 0 Å². The van der Waals surface area contributed by atoms with E-state index >= 15 is 0 Å². The van der Waals surface area contributed by atoms with Crippen LogP contribution >= 0.6 is 0 Å². The lowest BCUT2D eigenvalue weighted by molar-refractivity contribution is 0.276. The minimum absolute atomic E-state index is 0.0945. The van der Waals surface area contributed by atoms with Gasteiger partial charge in [-0.1, -0.05) is 13.8 Å². The highest BCUT2D eigenvalue weighted by Gasteiger charge is 2.46. The van der Waals surface area contributed by atoms with Gasteiger partial charge in [-0.3, -0.25) is 0 Å². The summed E-state index contributed by atoms with van der Waals surface area (Å²) in [6.45, 7) is 7.61. The third-order valence-corrected chi connectivity index (χ3v) is 6.08. The van der Waals surface area contributed by atoms with Crippen LogP contribution in [0.4, 0.5) is 0 Å². The summed E-state index contributed by atoms with van der Waals surface area (Å²) in [4.78, 5) is 0.0945. The predicted molar refractivity (Wildman–Crippen MR) is 75.8 cm³/mol. The first-order valence-electron chi connectivity index (χ1n) is 6.93. The molecule has 20 heavy (non-hydrogen) atoms. The Hall–Kier alpha value is -0.850. The fourth-order valence-electron chi connectivity index (χ4n) is 2.67. The Labute approximate surface area is 120 Å². The summed E-state index contributed by atoms with van der Waals surface area (Å²) in [5, 5.41) is 9.35. The molecular weight excluding hydrogens is 278 g/mol. The molecule has 1 fully saturated rings. The van der Waals surface area contributed by atoms with E-state index in [0.717, 1.165) is 12.8 Å². The van der Waals surface area contributed by atoms with Crippen molar-refractivity contribution in [2.75, 3.05) is 6.54 Å². The standard InChI is InChI=1S/C14H23NO4S/c1-9(2)14(5-6-14)8-15-20(17,18)13-11(4)19-10(3)12(13)7-16/h9,15-16H,5-8H2,1-4H3. The monoisotopic (exact) mass is 301 g/mol. The van der Waals surface area contributed by atoms with Crippen LogP contribution in [0.1, 0.15) is 43.8 Å². The summed E-state index contributed by atoms with van der Waals surface area (Å²) in [6.07, 6.45) is 2.12. The summed E-state index contributed by atoms with van der Waals surface area (Å²) in [7, 11) is -3.64. The fraction of sp³-hybridized carbons (Fsp3) is 0.714. The van der Waals surface area contributed by atoms with Crippen molar-refractivity contribution in [2.24, 2.45) is 11.3 Å². The molecule has 114 valence electrons. The van der Waals surface area contributed by atoms with Crippen LogP contribution in [-0.2, 0) is 16.6 Å². The van der Waals surface area contributed by atoms with Gasteiger partial charge in [0.05, 0.1) is 6.61 Å². The number of aryl methyl sites for hydroxylation is 2. The van der Waals surface area contributed by atoms with E-state index in [1.54, 1.807) is 13.8 Å². The molecule has 5 nitrogen and oxygen atoms in total. The molecule has 1 heterocycles. The van der Waals surface area contributed by atoms with Crippen LogP contribution < -0.4 is 4.72 Å². The molecule has 0 saturated heterocycles. The van der Waals surface area contributed by atoms with E-state index in [1.807, 2.05) is 0 Å². The molecule has 1 saturated carbocycles. The molecular formula is C14H23NO4S. The van der Waals surface area contributed by atoms with Gasteiger partial charge < -0.3 is 9.52 Å². The minimum Gasteiger partial charge on any atom is -0.465 e. The number of hydrogen-bond acceptors (Lipinski definition) is 4. The second-order valence-corrected chi connectivity index (χ2v) is 7.73. The van der Waals surface area contributed by atoms with Crippen LogP contribution in [0.5, 0.6) is 0 Å². The van der Waals surface area contributed by atoms with Crippen molar-refractivity contribution in [1.29, 1.82) is 0 Å². The Morgan fingerprint density at radius 1 is 1.30 bits per heavy atom. The second kappa shape index (κ2) is 5.16. The Bertz CT molecular complexity index is 597. The summed E-state index contributed by atoms with van der Waals surface area (Å²) in [6, 6.07) is 0. The molecule has 0 aromatic carbocycles. The lowest BCUT2D eigenvalue weighted by Gasteiger charge is -2.20. The van der Waals surface area contributed by atoms with E-state index in [2.05, 4.69) is 18.6 Å². The van der Waals surface area contributed by atoms with Gasteiger partial charge in [0, 0.05) is 12.1 Å². The van der Waals surface area contributed by atoms with Crippen LogP contribution in [0, 0.1) is 25.2 Å². The molecule has 0 bridgehead atoms. The number of aliphatic hydroxyl groups excluding tert-OH is 1. The van der Waals surface area contributed by atoms with Crippen molar-refractivity contribution in [3.05, 3.63) is 17.1 Å². The summed E-state index contributed by atoms with van der Waals surface area (Å²) in [5.41, 5.74) is 0.448. The normalized spacial score (nSPS) is 17.7. The van der Waals surface area contributed by atoms with E-state index in [-0.39, 0.29) is 16.9 Å². The van der Waals surface area contributed by atoms with Crippen LogP contribution in [-0.4, -0.2) is 20.1 Å². The van der Waals surface area contributed by atoms with Gasteiger partial charge >= 0.3 is 0 Å². The topological polar surface area (TPSA) is 79.5 Å². The zero-order valence-electron chi connectivity index (χ0n) is 12.5. The number of hydrogen-bond donors (Lipinski definition) is 2. The molecule has 2 rings (SSSR count). The second-order valence-electron chi connectivity index (χ2n) is 6.02. The van der Waals surface area contributed by atoms with Crippen molar-refractivity contribution in [3.63, 3.8) is 0 Å². The minimum atomic E-state index is -3.64. The molecule has 0 atom stereocenters. The maximum atomic E-state index is 12.5. The first kappa shape index (κ1) is 15.5. The van der Waals surface area contributed by atoms with Gasteiger partial charge in [0.1, 0.15) is 16.4 Å². The van der Waals surface area contributed by atoms with Crippen LogP contribution in [0.3, 0.4) is 0 Å². The maximum Gasteiger partial charge on any atom is 0.244 e. The van der Waals surface area contributed by atoms with Crippen molar-refractivity contribution in [2.45, 2.75) is 52.0 Å². The van der Waals surface area contributed by atoms with E-state index < -0.39 is 10.0 Å². The van der Waals surface area contributed by atoms with Crippen molar-refractivity contribution in [1.82, 2.24) is 4.72 Å². The molecule has 6 heteroatoms. The molecule has 1 aromatic heterocycles. The third-order valence-electron chi connectivity index (χ3n) is 4.48. The first-order valence-corrected chi connectivity index (χ1v) is 8.41. The molecule has 1 aromatic rings. The molecule has 0 aliphatic heterocycles. The van der Waals surface area contributed by atoms with Crippen molar-refractivity contribution >= 4 is 10.0 Å². The molecule has 1 aliphatic rings. The van der Waals surface area contributed by atoms with Gasteiger partial charge in [-0.05, 0) is 38.0 Å². The average Bonchev–Trinajstić information content (AvgIpc) is 3.08. The van der Waals surface area contributed by atoms with Gasteiger partial charge in [-0.25, -0.2) is 13.1 Å².